The van der Waals surface area contributed by atoms with Gasteiger partial charge < -0.3 is 10.1 Å². The first-order chi connectivity index (χ1) is 8.69. The highest BCUT2D eigenvalue weighted by atomic mass is 35.5. The number of rotatable bonds is 4. The topological polar surface area (TPSA) is 47.0 Å². The molecule has 0 aliphatic carbocycles. The molecule has 0 saturated heterocycles. The zero-order valence-electron chi connectivity index (χ0n) is 9.65. The lowest BCUT2D eigenvalue weighted by molar-refractivity contribution is 0.458. The Morgan fingerprint density at radius 3 is 2.83 bits per heavy atom. The van der Waals surface area contributed by atoms with Gasteiger partial charge in [-0.3, -0.25) is 4.98 Å². The molecule has 18 heavy (non-hydrogen) atoms. The SMILES string of the molecule is CNCc1nc(Oc2cncc(Cl)c2)ccc1Cl. The third-order valence-electron chi connectivity index (χ3n) is 2.14. The molecule has 6 heteroatoms. The number of nitrogens with zero attached hydrogens (tertiary/aromatic N) is 2. The van der Waals surface area contributed by atoms with E-state index in [-0.39, 0.29) is 0 Å². The summed E-state index contributed by atoms with van der Waals surface area (Å²) >= 11 is 11.8. The van der Waals surface area contributed by atoms with Gasteiger partial charge in [0.05, 0.1) is 21.9 Å². The van der Waals surface area contributed by atoms with Gasteiger partial charge in [-0.15, -0.1) is 0 Å². The van der Waals surface area contributed by atoms with E-state index in [9.17, 15) is 0 Å². The molecule has 0 aliphatic rings. The Kier molecular flexibility index (Phi) is 4.36. The Bertz CT molecular complexity index is 549. The maximum Gasteiger partial charge on any atom is 0.219 e. The van der Waals surface area contributed by atoms with Crippen LogP contribution in [0.15, 0.2) is 30.6 Å². The maximum absolute atomic E-state index is 6.01. The predicted molar refractivity (Wildman–Crippen MR) is 71.3 cm³/mol. The monoisotopic (exact) mass is 283 g/mol. The van der Waals surface area contributed by atoms with Crippen LogP contribution in [0.5, 0.6) is 11.6 Å². The van der Waals surface area contributed by atoms with Crippen molar-refractivity contribution >= 4 is 23.2 Å². The quantitative estimate of drug-likeness (QED) is 0.935. The molecule has 0 radical (unpaired) electrons. The van der Waals surface area contributed by atoms with Gasteiger partial charge in [0.1, 0.15) is 5.75 Å². The van der Waals surface area contributed by atoms with Crippen LogP contribution >= 0.6 is 23.2 Å². The lowest BCUT2D eigenvalue weighted by atomic mass is 10.3. The van der Waals surface area contributed by atoms with Crippen LogP contribution in [0.3, 0.4) is 0 Å². The van der Waals surface area contributed by atoms with E-state index in [0.29, 0.717) is 28.2 Å². The molecule has 0 amide bonds. The standard InChI is InChI=1S/C12H11Cl2N3O/c1-15-7-11-10(14)2-3-12(17-11)18-9-4-8(13)5-16-6-9/h2-6,15H,7H2,1H3. The Labute approximate surface area is 115 Å². The summed E-state index contributed by atoms with van der Waals surface area (Å²) in [5.41, 5.74) is 0.728. The Hall–Kier alpha value is -1.36. The minimum Gasteiger partial charge on any atom is -0.437 e. The number of aromatic nitrogens is 2. The highest BCUT2D eigenvalue weighted by Gasteiger charge is 2.05. The normalized spacial score (nSPS) is 10.4. The van der Waals surface area contributed by atoms with E-state index in [1.807, 2.05) is 7.05 Å². The third-order valence-corrected chi connectivity index (χ3v) is 2.69. The van der Waals surface area contributed by atoms with Crippen molar-refractivity contribution in [3.05, 3.63) is 46.3 Å². The average molecular weight is 284 g/mol. The Balaban J connectivity index is 2.21. The molecule has 1 N–H and O–H groups in total. The van der Waals surface area contributed by atoms with Crippen LogP contribution in [-0.4, -0.2) is 17.0 Å². The second-order valence-electron chi connectivity index (χ2n) is 3.55. The second kappa shape index (κ2) is 6.00. The molecule has 0 saturated carbocycles. The van der Waals surface area contributed by atoms with Crippen molar-refractivity contribution in [3.63, 3.8) is 0 Å². The Morgan fingerprint density at radius 2 is 2.11 bits per heavy atom. The van der Waals surface area contributed by atoms with Crippen LogP contribution in [0.2, 0.25) is 10.0 Å². The molecule has 2 aromatic heterocycles. The number of ether oxygens (including phenoxy) is 1. The smallest absolute Gasteiger partial charge is 0.219 e. The summed E-state index contributed by atoms with van der Waals surface area (Å²) in [4.78, 5) is 8.23. The van der Waals surface area contributed by atoms with E-state index in [1.165, 1.54) is 6.20 Å². The van der Waals surface area contributed by atoms with Crippen LogP contribution in [0.25, 0.3) is 0 Å². The first-order valence-corrected chi connectivity index (χ1v) is 6.03. The molecule has 2 heterocycles. The van der Waals surface area contributed by atoms with Crippen LogP contribution in [0.1, 0.15) is 5.69 Å². The van der Waals surface area contributed by atoms with E-state index < -0.39 is 0 Å². The fraction of sp³-hybridized carbons (Fsp3) is 0.167. The van der Waals surface area contributed by atoms with Gasteiger partial charge in [-0.05, 0) is 13.1 Å². The molecule has 94 valence electrons. The van der Waals surface area contributed by atoms with Gasteiger partial charge in [0, 0.05) is 24.9 Å². The number of hydrogen-bond donors (Lipinski definition) is 1. The van der Waals surface area contributed by atoms with Crippen LogP contribution < -0.4 is 10.1 Å². The van der Waals surface area contributed by atoms with Gasteiger partial charge >= 0.3 is 0 Å². The molecule has 0 atom stereocenters. The highest BCUT2D eigenvalue weighted by molar-refractivity contribution is 6.31. The lowest BCUT2D eigenvalue weighted by Crippen LogP contribution is -2.07. The number of hydrogen-bond acceptors (Lipinski definition) is 4. The second-order valence-corrected chi connectivity index (χ2v) is 4.39. The molecule has 2 rings (SSSR count). The summed E-state index contributed by atoms with van der Waals surface area (Å²) in [7, 11) is 1.83. The Morgan fingerprint density at radius 1 is 1.28 bits per heavy atom. The van der Waals surface area contributed by atoms with Crippen LogP contribution in [0, 0.1) is 0 Å². The first kappa shape index (κ1) is 13.1. The number of pyridine rings is 2. The van der Waals surface area contributed by atoms with Gasteiger partial charge in [0.2, 0.25) is 5.88 Å². The molecule has 0 unspecified atom stereocenters. The van der Waals surface area contributed by atoms with Crippen molar-refractivity contribution in [2.24, 2.45) is 0 Å². The average Bonchev–Trinajstić information content (AvgIpc) is 2.34. The van der Waals surface area contributed by atoms with E-state index in [1.54, 1.807) is 24.4 Å². The van der Waals surface area contributed by atoms with Crippen molar-refractivity contribution in [2.45, 2.75) is 6.54 Å². The largest absolute Gasteiger partial charge is 0.437 e. The van der Waals surface area contributed by atoms with Gasteiger partial charge in [0.15, 0.2) is 0 Å². The summed E-state index contributed by atoms with van der Waals surface area (Å²) in [5, 5.41) is 4.10. The van der Waals surface area contributed by atoms with Gasteiger partial charge in [-0.2, -0.15) is 0 Å². The molecule has 0 aliphatic heterocycles. The van der Waals surface area contributed by atoms with Gasteiger partial charge in [0.25, 0.3) is 0 Å². The first-order valence-electron chi connectivity index (χ1n) is 5.27. The van der Waals surface area contributed by atoms with Crippen molar-refractivity contribution in [1.29, 1.82) is 0 Å². The molecule has 4 nitrogen and oxygen atoms in total. The molecule has 0 spiro atoms. The number of halogens is 2. The summed E-state index contributed by atoms with van der Waals surface area (Å²) in [6.07, 6.45) is 3.11. The molecule has 0 fully saturated rings. The van der Waals surface area contributed by atoms with Crippen molar-refractivity contribution in [1.82, 2.24) is 15.3 Å². The summed E-state index contributed by atoms with van der Waals surface area (Å²) < 4.78 is 5.56. The maximum atomic E-state index is 6.01. The molecular weight excluding hydrogens is 273 g/mol. The third kappa shape index (κ3) is 3.32. The minimum atomic E-state index is 0.453. The zero-order valence-corrected chi connectivity index (χ0v) is 11.2. The lowest BCUT2D eigenvalue weighted by Gasteiger charge is -2.07. The van der Waals surface area contributed by atoms with Gasteiger partial charge in [-0.25, -0.2) is 4.98 Å². The highest BCUT2D eigenvalue weighted by Crippen LogP contribution is 2.24. The number of nitrogens with one attached hydrogen (secondary N) is 1. The fourth-order valence-corrected chi connectivity index (χ4v) is 1.72. The van der Waals surface area contributed by atoms with E-state index >= 15 is 0 Å². The minimum absolute atomic E-state index is 0.453. The van der Waals surface area contributed by atoms with Crippen LogP contribution in [-0.2, 0) is 6.54 Å². The fourth-order valence-electron chi connectivity index (χ4n) is 1.38. The van der Waals surface area contributed by atoms with E-state index in [0.717, 1.165) is 5.69 Å². The van der Waals surface area contributed by atoms with Crippen molar-refractivity contribution in [2.75, 3.05) is 7.05 Å². The zero-order chi connectivity index (χ0) is 13.0. The molecular formula is C12H11Cl2N3O. The molecule has 0 bridgehead atoms. The van der Waals surface area contributed by atoms with E-state index in [4.69, 9.17) is 27.9 Å². The summed E-state index contributed by atoms with van der Waals surface area (Å²) in [5.74, 6) is 0.987. The van der Waals surface area contributed by atoms with E-state index in [2.05, 4.69) is 15.3 Å². The summed E-state index contributed by atoms with van der Waals surface area (Å²) in [6, 6.07) is 5.11. The predicted octanol–water partition coefficient (Wildman–Crippen LogP) is 3.30. The molecule has 2 aromatic rings. The van der Waals surface area contributed by atoms with Crippen LogP contribution in [0.4, 0.5) is 0 Å². The summed E-state index contributed by atoms with van der Waals surface area (Å²) in [6.45, 7) is 0.573. The molecule has 0 aromatic carbocycles. The van der Waals surface area contributed by atoms with Crippen molar-refractivity contribution < 1.29 is 4.74 Å². The van der Waals surface area contributed by atoms with Gasteiger partial charge in [-0.1, -0.05) is 23.2 Å². The van der Waals surface area contributed by atoms with Crippen molar-refractivity contribution in [3.8, 4) is 11.6 Å².